The van der Waals surface area contributed by atoms with Crippen LogP contribution in [0.25, 0.3) is 0 Å². The highest BCUT2D eigenvalue weighted by atomic mass is 16.5. The van der Waals surface area contributed by atoms with E-state index in [2.05, 4.69) is 10.5 Å². The minimum atomic E-state index is -1.09. The molecule has 132 valence electrons. The third kappa shape index (κ3) is 5.98. The molecule has 0 bridgehead atoms. The molecule has 2 aromatic carbocycles. The third-order valence-electron chi connectivity index (χ3n) is 3.02. The zero-order valence-corrected chi connectivity index (χ0v) is 13.6. The molecule has 0 unspecified atom stereocenters. The van der Waals surface area contributed by atoms with Crippen LogP contribution in [0.15, 0.2) is 53.6 Å². The first-order chi connectivity index (χ1) is 12.6. The Morgan fingerprint density at radius 3 is 2.54 bits per heavy atom. The number of nitrogens with one attached hydrogen (secondary N) is 1. The lowest BCUT2D eigenvalue weighted by molar-refractivity contribution is -0.139. The van der Waals surface area contributed by atoms with Crippen LogP contribution in [0.4, 0.5) is 0 Å². The van der Waals surface area contributed by atoms with Crippen LogP contribution in [0.1, 0.15) is 11.1 Å². The lowest BCUT2D eigenvalue weighted by Crippen LogP contribution is -2.24. The van der Waals surface area contributed by atoms with E-state index in [4.69, 9.17) is 19.8 Å². The fourth-order valence-electron chi connectivity index (χ4n) is 1.84. The normalized spacial score (nSPS) is 10.1. The molecule has 1 amide bonds. The van der Waals surface area contributed by atoms with Crippen molar-refractivity contribution in [3.8, 4) is 17.6 Å². The number of benzene rings is 2. The second kappa shape index (κ2) is 9.44. The molecule has 8 nitrogen and oxygen atoms in total. The summed E-state index contributed by atoms with van der Waals surface area (Å²) in [6.45, 7) is -0.726. The first-order valence-corrected chi connectivity index (χ1v) is 7.47. The standard InChI is InChI=1S/C18H15N3O5/c19-9-13-5-7-15(8-6-13)25-11-17(22)21-20-10-14-3-1-2-4-16(14)26-12-18(23)24/h1-8,10H,11-12H2,(H,21,22)(H,23,24). The van der Waals surface area contributed by atoms with Crippen molar-refractivity contribution in [3.05, 3.63) is 59.7 Å². The number of nitriles is 1. The van der Waals surface area contributed by atoms with Crippen LogP contribution in [0.2, 0.25) is 0 Å². The molecule has 0 atom stereocenters. The van der Waals surface area contributed by atoms with Gasteiger partial charge in [0.2, 0.25) is 0 Å². The number of ether oxygens (including phenoxy) is 2. The molecule has 0 radical (unpaired) electrons. The number of carboxylic acids is 1. The van der Waals surface area contributed by atoms with E-state index in [9.17, 15) is 9.59 Å². The largest absolute Gasteiger partial charge is 0.484 e. The SMILES string of the molecule is N#Cc1ccc(OCC(=O)NN=Cc2ccccc2OCC(=O)O)cc1. The molecule has 2 N–H and O–H groups in total. The van der Waals surface area contributed by atoms with E-state index >= 15 is 0 Å². The van der Waals surface area contributed by atoms with Crippen molar-refractivity contribution in [2.45, 2.75) is 0 Å². The van der Waals surface area contributed by atoms with Crippen molar-refractivity contribution in [2.24, 2.45) is 5.10 Å². The van der Waals surface area contributed by atoms with Gasteiger partial charge in [-0.05, 0) is 36.4 Å². The maximum atomic E-state index is 11.7. The van der Waals surface area contributed by atoms with Gasteiger partial charge in [-0.15, -0.1) is 0 Å². The summed E-state index contributed by atoms with van der Waals surface area (Å²) in [5, 5.41) is 21.2. The van der Waals surface area contributed by atoms with Gasteiger partial charge in [0, 0.05) is 5.56 Å². The first-order valence-electron chi connectivity index (χ1n) is 7.47. The van der Waals surface area contributed by atoms with E-state index in [0.717, 1.165) is 0 Å². The topological polar surface area (TPSA) is 121 Å². The molecule has 0 fully saturated rings. The van der Waals surface area contributed by atoms with Crippen LogP contribution >= 0.6 is 0 Å². The average Bonchev–Trinajstić information content (AvgIpc) is 2.66. The van der Waals surface area contributed by atoms with Gasteiger partial charge in [-0.3, -0.25) is 4.79 Å². The third-order valence-corrected chi connectivity index (χ3v) is 3.02. The average molecular weight is 353 g/mol. The van der Waals surface area contributed by atoms with Gasteiger partial charge in [0.05, 0.1) is 17.8 Å². The Kier molecular flexibility index (Phi) is 6.71. The summed E-state index contributed by atoms with van der Waals surface area (Å²) < 4.78 is 10.4. The van der Waals surface area contributed by atoms with Crippen molar-refractivity contribution >= 4 is 18.1 Å². The second-order valence-electron chi connectivity index (χ2n) is 4.94. The number of carboxylic acid groups (broad SMARTS) is 1. The fourth-order valence-corrected chi connectivity index (χ4v) is 1.84. The van der Waals surface area contributed by atoms with Crippen molar-refractivity contribution in [2.75, 3.05) is 13.2 Å². The van der Waals surface area contributed by atoms with Crippen LogP contribution in [0.3, 0.4) is 0 Å². The molecule has 2 rings (SSSR count). The van der Waals surface area contributed by atoms with Gasteiger partial charge in [-0.1, -0.05) is 12.1 Å². The molecule has 0 saturated carbocycles. The molecule has 0 aliphatic carbocycles. The monoisotopic (exact) mass is 353 g/mol. The zero-order valence-electron chi connectivity index (χ0n) is 13.6. The zero-order chi connectivity index (χ0) is 18.8. The van der Waals surface area contributed by atoms with E-state index in [1.54, 1.807) is 48.5 Å². The summed E-state index contributed by atoms with van der Waals surface area (Å²) in [6, 6.07) is 15.0. The molecular formula is C18H15N3O5. The van der Waals surface area contributed by atoms with Crippen LogP contribution in [0, 0.1) is 11.3 Å². The minimum absolute atomic E-state index is 0.250. The van der Waals surface area contributed by atoms with Crippen LogP contribution in [-0.2, 0) is 9.59 Å². The molecule has 0 aliphatic heterocycles. The number of carbonyl (C=O) groups is 2. The maximum absolute atomic E-state index is 11.7. The summed E-state index contributed by atoms with van der Waals surface area (Å²) in [5.41, 5.74) is 3.31. The van der Waals surface area contributed by atoms with E-state index in [1.807, 2.05) is 6.07 Å². The Morgan fingerprint density at radius 2 is 1.85 bits per heavy atom. The highest BCUT2D eigenvalue weighted by molar-refractivity contribution is 5.85. The molecule has 2 aromatic rings. The van der Waals surface area contributed by atoms with Gasteiger partial charge in [0.1, 0.15) is 11.5 Å². The number of rotatable bonds is 8. The number of para-hydroxylation sites is 1. The van der Waals surface area contributed by atoms with Gasteiger partial charge in [-0.25, -0.2) is 10.2 Å². The van der Waals surface area contributed by atoms with Crippen molar-refractivity contribution in [1.82, 2.24) is 5.43 Å². The highest BCUT2D eigenvalue weighted by Crippen LogP contribution is 2.15. The van der Waals surface area contributed by atoms with Gasteiger partial charge >= 0.3 is 5.97 Å². The Bertz CT molecular complexity index is 841. The number of hydrazone groups is 1. The summed E-state index contributed by atoms with van der Waals surface area (Å²) in [7, 11) is 0. The lowest BCUT2D eigenvalue weighted by Gasteiger charge is -2.06. The second-order valence-corrected chi connectivity index (χ2v) is 4.94. The molecular weight excluding hydrogens is 338 g/mol. The minimum Gasteiger partial charge on any atom is -0.484 e. The summed E-state index contributed by atoms with van der Waals surface area (Å²) in [6.07, 6.45) is 1.34. The Balaban J connectivity index is 1.84. The smallest absolute Gasteiger partial charge is 0.341 e. The Labute approximate surface area is 149 Å². The van der Waals surface area contributed by atoms with Crippen molar-refractivity contribution in [3.63, 3.8) is 0 Å². The van der Waals surface area contributed by atoms with Gasteiger partial charge in [0.15, 0.2) is 13.2 Å². The van der Waals surface area contributed by atoms with Crippen LogP contribution in [0.5, 0.6) is 11.5 Å². The Morgan fingerprint density at radius 1 is 1.12 bits per heavy atom. The number of amides is 1. The summed E-state index contributed by atoms with van der Waals surface area (Å²) in [4.78, 5) is 22.3. The molecule has 0 saturated heterocycles. The van der Waals surface area contributed by atoms with E-state index < -0.39 is 18.5 Å². The molecule has 0 heterocycles. The van der Waals surface area contributed by atoms with Gasteiger partial charge in [0.25, 0.3) is 5.91 Å². The van der Waals surface area contributed by atoms with Crippen LogP contribution < -0.4 is 14.9 Å². The molecule has 0 aliphatic rings. The van der Waals surface area contributed by atoms with Gasteiger partial charge < -0.3 is 14.6 Å². The quantitative estimate of drug-likeness (QED) is 0.549. The predicted molar refractivity (Wildman–Crippen MR) is 92.0 cm³/mol. The summed E-state index contributed by atoms with van der Waals surface area (Å²) >= 11 is 0. The molecule has 0 aromatic heterocycles. The molecule has 0 spiro atoms. The number of carbonyl (C=O) groups excluding carboxylic acids is 1. The van der Waals surface area contributed by atoms with E-state index in [1.165, 1.54) is 6.21 Å². The number of aliphatic carboxylic acids is 1. The number of hydrogen-bond acceptors (Lipinski definition) is 6. The molecule has 8 heteroatoms. The summed E-state index contributed by atoms with van der Waals surface area (Å²) in [5.74, 6) is -0.781. The van der Waals surface area contributed by atoms with Crippen molar-refractivity contribution in [1.29, 1.82) is 5.26 Å². The Hall–Kier alpha value is -3.86. The lowest BCUT2D eigenvalue weighted by atomic mass is 10.2. The highest BCUT2D eigenvalue weighted by Gasteiger charge is 2.05. The van der Waals surface area contributed by atoms with Crippen molar-refractivity contribution < 1.29 is 24.2 Å². The number of hydrogen-bond donors (Lipinski definition) is 2. The number of nitrogens with zero attached hydrogens (tertiary/aromatic N) is 2. The van der Waals surface area contributed by atoms with E-state index in [-0.39, 0.29) is 6.61 Å². The van der Waals surface area contributed by atoms with E-state index in [0.29, 0.717) is 22.6 Å². The first kappa shape index (κ1) is 18.5. The van der Waals surface area contributed by atoms with Gasteiger partial charge in [-0.2, -0.15) is 10.4 Å². The maximum Gasteiger partial charge on any atom is 0.341 e. The molecule has 26 heavy (non-hydrogen) atoms. The fraction of sp³-hybridized carbons (Fsp3) is 0.111. The predicted octanol–water partition coefficient (Wildman–Crippen LogP) is 1.55. The van der Waals surface area contributed by atoms with Crippen LogP contribution in [-0.4, -0.2) is 36.4 Å².